The van der Waals surface area contributed by atoms with Crippen LogP contribution >= 0.6 is 27.5 Å². The van der Waals surface area contributed by atoms with Crippen molar-refractivity contribution < 1.29 is 0 Å². The molecule has 15 heavy (non-hydrogen) atoms. The Balaban J connectivity index is 2.05. The first-order chi connectivity index (χ1) is 7.25. The van der Waals surface area contributed by atoms with Gasteiger partial charge in [-0.1, -0.05) is 34.0 Å². The Morgan fingerprint density at radius 3 is 2.67 bits per heavy atom. The highest BCUT2D eigenvalue weighted by Crippen LogP contribution is 2.23. The highest BCUT2D eigenvalue weighted by molar-refractivity contribution is 9.10. The van der Waals surface area contributed by atoms with Crippen LogP contribution in [0.5, 0.6) is 0 Å². The van der Waals surface area contributed by atoms with Crippen molar-refractivity contribution >= 4 is 27.5 Å². The molecule has 0 radical (unpaired) electrons. The van der Waals surface area contributed by atoms with Crippen molar-refractivity contribution in [1.29, 1.82) is 0 Å². The van der Waals surface area contributed by atoms with E-state index >= 15 is 0 Å². The Morgan fingerprint density at radius 2 is 1.93 bits per heavy atom. The van der Waals surface area contributed by atoms with Crippen molar-refractivity contribution in [2.24, 2.45) is 0 Å². The van der Waals surface area contributed by atoms with Crippen molar-refractivity contribution in [2.45, 2.75) is 25.8 Å². The molecular weight excluding hydrogens is 273 g/mol. The van der Waals surface area contributed by atoms with Gasteiger partial charge in [-0.2, -0.15) is 0 Å². The van der Waals surface area contributed by atoms with Gasteiger partial charge in [-0.3, -0.25) is 4.90 Å². The van der Waals surface area contributed by atoms with E-state index in [0.717, 1.165) is 16.0 Å². The minimum Gasteiger partial charge on any atom is -0.299 e. The van der Waals surface area contributed by atoms with E-state index in [0.29, 0.717) is 0 Å². The third-order valence-corrected chi connectivity index (χ3v) is 3.71. The highest BCUT2D eigenvalue weighted by Gasteiger charge is 2.12. The number of halogens is 2. The molecule has 0 unspecified atom stereocenters. The maximum absolute atomic E-state index is 6.17. The predicted molar refractivity (Wildman–Crippen MR) is 68.3 cm³/mol. The standard InChI is InChI=1S/C12H15BrClN/c13-11-4-5-12(14)10(8-11)9-15-6-2-1-3-7-15/h4-5,8H,1-3,6-7,9H2. The van der Waals surface area contributed by atoms with E-state index in [1.807, 2.05) is 12.1 Å². The third-order valence-electron chi connectivity index (χ3n) is 2.85. The van der Waals surface area contributed by atoms with E-state index in [1.165, 1.54) is 37.9 Å². The lowest BCUT2D eigenvalue weighted by Gasteiger charge is -2.26. The van der Waals surface area contributed by atoms with Gasteiger partial charge in [-0.25, -0.2) is 0 Å². The maximum atomic E-state index is 6.17. The van der Waals surface area contributed by atoms with E-state index < -0.39 is 0 Å². The molecule has 0 N–H and O–H groups in total. The van der Waals surface area contributed by atoms with Crippen molar-refractivity contribution in [1.82, 2.24) is 4.90 Å². The zero-order valence-electron chi connectivity index (χ0n) is 8.68. The normalized spacial score (nSPS) is 18.0. The Kier molecular flexibility index (Phi) is 4.06. The van der Waals surface area contributed by atoms with Gasteiger partial charge < -0.3 is 0 Å². The van der Waals surface area contributed by atoms with E-state index in [1.54, 1.807) is 0 Å². The molecule has 1 aromatic carbocycles. The Hall–Kier alpha value is -0.0500. The minimum atomic E-state index is 0.878. The molecule has 0 atom stereocenters. The second-order valence-corrected chi connectivity index (χ2v) is 5.40. The van der Waals surface area contributed by atoms with Gasteiger partial charge in [0.1, 0.15) is 0 Å². The Labute approximate surface area is 105 Å². The SMILES string of the molecule is Clc1ccc(Br)cc1CN1CCCCC1. The van der Waals surface area contributed by atoms with E-state index in [2.05, 4.69) is 26.9 Å². The quantitative estimate of drug-likeness (QED) is 0.792. The van der Waals surface area contributed by atoms with Gasteiger partial charge in [-0.05, 0) is 49.7 Å². The fourth-order valence-corrected chi connectivity index (χ4v) is 2.61. The molecule has 1 aliphatic rings. The monoisotopic (exact) mass is 287 g/mol. The summed E-state index contributed by atoms with van der Waals surface area (Å²) >= 11 is 9.65. The molecule has 3 heteroatoms. The molecule has 2 rings (SSSR count). The van der Waals surface area contributed by atoms with Gasteiger partial charge in [0.05, 0.1) is 0 Å². The van der Waals surface area contributed by atoms with Crippen LogP contribution in [-0.4, -0.2) is 18.0 Å². The Bertz CT molecular complexity index is 334. The summed E-state index contributed by atoms with van der Waals surface area (Å²) in [7, 11) is 0. The number of hydrogen-bond donors (Lipinski definition) is 0. The molecule has 1 aromatic rings. The van der Waals surface area contributed by atoms with Gasteiger partial charge in [0.25, 0.3) is 0 Å². The second-order valence-electron chi connectivity index (χ2n) is 4.07. The summed E-state index contributed by atoms with van der Waals surface area (Å²) in [6.07, 6.45) is 4.03. The van der Waals surface area contributed by atoms with E-state index in [9.17, 15) is 0 Å². The fourth-order valence-electron chi connectivity index (χ4n) is 2.02. The summed E-state index contributed by atoms with van der Waals surface area (Å²) in [4.78, 5) is 2.48. The highest BCUT2D eigenvalue weighted by atomic mass is 79.9. The first-order valence-electron chi connectivity index (χ1n) is 5.42. The molecule has 1 saturated heterocycles. The molecule has 0 amide bonds. The van der Waals surface area contributed by atoms with Gasteiger partial charge in [-0.15, -0.1) is 0 Å². The van der Waals surface area contributed by atoms with Crippen molar-refractivity contribution in [3.8, 4) is 0 Å². The average Bonchev–Trinajstić information content (AvgIpc) is 2.25. The van der Waals surface area contributed by atoms with Crippen LogP contribution < -0.4 is 0 Å². The number of hydrogen-bond acceptors (Lipinski definition) is 1. The van der Waals surface area contributed by atoms with Crippen LogP contribution in [0.2, 0.25) is 5.02 Å². The number of benzene rings is 1. The number of nitrogens with zero attached hydrogens (tertiary/aromatic N) is 1. The smallest absolute Gasteiger partial charge is 0.0451 e. The molecule has 0 aromatic heterocycles. The second kappa shape index (κ2) is 5.33. The molecule has 1 heterocycles. The molecule has 1 nitrogen and oxygen atoms in total. The summed E-state index contributed by atoms with van der Waals surface area (Å²) < 4.78 is 1.11. The van der Waals surface area contributed by atoms with Crippen LogP contribution in [-0.2, 0) is 6.54 Å². The number of piperidine rings is 1. The lowest BCUT2D eigenvalue weighted by molar-refractivity contribution is 0.221. The summed E-state index contributed by atoms with van der Waals surface area (Å²) in [5.74, 6) is 0. The molecule has 1 fully saturated rings. The minimum absolute atomic E-state index is 0.878. The molecule has 0 aliphatic carbocycles. The molecular formula is C12H15BrClN. The predicted octanol–water partition coefficient (Wildman–Crippen LogP) is 4.09. The summed E-state index contributed by atoms with van der Waals surface area (Å²) in [5, 5.41) is 0.878. The first kappa shape index (κ1) is 11.4. The molecule has 1 aliphatic heterocycles. The van der Waals surface area contributed by atoms with Crippen LogP contribution in [0, 0.1) is 0 Å². The van der Waals surface area contributed by atoms with Gasteiger partial charge >= 0.3 is 0 Å². The molecule has 0 saturated carbocycles. The van der Waals surface area contributed by atoms with Crippen LogP contribution in [0.3, 0.4) is 0 Å². The molecule has 0 spiro atoms. The van der Waals surface area contributed by atoms with Crippen LogP contribution in [0.1, 0.15) is 24.8 Å². The van der Waals surface area contributed by atoms with Crippen LogP contribution in [0.15, 0.2) is 22.7 Å². The topological polar surface area (TPSA) is 3.24 Å². The lowest BCUT2D eigenvalue weighted by Crippen LogP contribution is -2.29. The molecule has 0 bridgehead atoms. The van der Waals surface area contributed by atoms with Crippen LogP contribution in [0.4, 0.5) is 0 Å². The Morgan fingerprint density at radius 1 is 1.20 bits per heavy atom. The molecule has 82 valence electrons. The van der Waals surface area contributed by atoms with Gasteiger partial charge in [0.15, 0.2) is 0 Å². The summed E-state index contributed by atoms with van der Waals surface area (Å²) in [5.41, 5.74) is 1.23. The van der Waals surface area contributed by atoms with Gasteiger partial charge in [0, 0.05) is 16.0 Å². The average molecular weight is 289 g/mol. The summed E-state index contributed by atoms with van der Waals surface area (Å²) in [6, 6.07) is 6.07. The lowest BCUT2D eigenvalue weighted by atomic mass is 10.1. The third kappa shape index (κ3) is 3.20. The van der Waals surface area contributed by atoms with Crippen molar-refractivity contribution in [3.05, 3.63) is 33.3 Å². The van der Waals surface area contributed by atoms with E-state index in [4.69, 9.17) is 11.6 Å². The summed E-state index contributed by atoms with van der Waals surface area (Å²) in [6.45, 7) is 3.41. The van der Waals surface area contributed by atoms with Crippen molar-refractivity contribution in [3.63, 3.8) is 0 Å². The zero-order valence-corrected chi connectivity index (χ0v) is 11.0. The fraction of sp³-hybridized carbons (Fsp3) is 0.500. The zero-order chi connectivity index (χ0) is 10.7. The van der Waals surface area contributed by atoms with Crippen molar-refractivity contribution in [2.75, 3.05) is 13.1 Å². The maximum Gasteiger partial charge on any atom is 0.0451 e. The number of rotatable bonds is 2. The largest absolute Gasteiger partial charge is 0.299 e. The van der Waals surface area contributed by atoms with E-state index in [-0.39, 0.29) is 0 Å². The first-order valence-corrected chi connectivity index (χ1v) is 6.59. The number of likely N-dealkylation sites (tertiary alicyclic amines) is 1. The van der Waals surface area contributed by atoms with Crippen LogP contribution in [0.25, 0.3) is 0 Å². The van der Waals surface area contributed by atoms with Gasteiger partial charge in [0.2, 0.25) is 0 Å².